The normalized spacial score (nSPS) is 11.3. The molecule has 0 aliphatic rings. The molecule has 0 spiro atoms. The van der Waals surface area contributed by atoms with Crippen molar-refractivity contribution in [1.82, 2.24) is 4.90 Å². The van der Waals surface area contributed by atoms with Crippen LogP contribution in [0.15, 0.2) is 0 Å². The zero-order chi connectivity index (χ0) is 13.3. The lowest BCUT2D eigenvalue weighted by molar-refractivity contribution is -0.151. The molecular weight excluding hydrogens is 220 g/mol. The van der Waals surface area contributed by atoms with E-state index in [4.69, 9.17) is 14.7 Å². The summed E-state index contributed by atoms with van der Waals surface area (Å²) in [6.07, 6.45) is 0.445. The van der Waals surface area contributed by atoms with Gasteiger partial charge in [-0.05, 0) is 13.8 Å². The van der Waals surface area contributed by atoms with Crippen LogP contribution in [0.4, 0.5) is 0 Å². The van der Waals surface area contributed by atoms with Crippen molar-refractivity contribution >= 4 is 5.97 Å². The summed E-state index contributed by atoms with van der Waals surface area (Å²) in [4.78, 5) is 13.6. The monoisotopic (exact) mass is 242 g/mol. The Labute approximate surface area is 103 Å². The Morgan fingerprint density at radius 1 is 1.35 bits per heavy atom. The quantitative estimate of drug-likeness (QED) is 0.595. The van der Waals surface area contributed by atoms with E-state index in [2.05, 4.69) is 6.07 Å². The topological polar surface area (TPSA) is 62.6 Å². The van der Waals surface area contributed by atoms with Gasteiger partial charge in [-0.25, -0.2) is 0 Å². The van der Waals surface area contributed by atoms with Gasteiger partial charge in [-0.1, -0.05) is 0 Å². The molecular formula is C12H22N2O3. The molecule has 0 N–H and O–H groups in total. The molecule has 0 rings (SSSR count). The average Bonchev–Trinajstić information content (AvgIpc) is 2.31. The number of hydrogen-bond acceptors (Lipinski definition) is 5. The molecule has 0 aromatic heterocycles. The fourth-order valence-corrected chi connectivity index (χ4v) is 1.60. The molecule has 0 heterocycles. The van der Waals surface area contributed by atoms with Crippen molar-refractivity contribution in [2.24, 2.45) is 5.41 Å². The highest BCUT2D eigenvalue weighted by Crippen LogP contribution is 2.18. The Kier molecular flexibility index (Phi) is 7.51. The van der Waals surface area contributed by atoms with E-state index in [1.807, 2.05) is 18.7 Å². The first-order valence-corrected chi connectivity index (χ1v) is 5.64. The van der Waals surface area contributed by atoms with Crippen molar-refractivity contribution in [3.05, 3.63) is 0 Å². The number of ether oxygens (including phenoxy) is 2. The molecule has 0 bridgehead atoms. The summed E-state index contributed by atoms with van der Waals surface area (Å²) in [7, 11) is 3.02. The molecule has 98 valence electrons. The average molecular weight is 242 g/mol. The number of nitriles is 1. The number of carbonyl (C=O) groups excluding carboxylic acids is 1. The fourth-order valence-electron chi connectivity index (χ4n) is 1.60. The van der Waals surface area contributed by atoms with Gasteiger partial charge in [0.05, 0.1) is 25.2 Å². The lowest BCUT2D eigenvalue weighted by Crippen LogP contribution is -2.41. The standard InChI is InChI=1S/C12H22N2O3/c1-12(2,11(15)17-4)10-14(7-5-6-13)8-9-16-3/h5,7-10H2,1-4H3. The van der Waals surface area contributed by atoms with Crippen LogP contribution in [0.3, 0.4) is 0 Å². The van der Waals surface area contributed by atoms with Gasteiger partial charge in [-0.2, -0.15) is 5.26 Å². The lowest BCUT2D eigenvalue weighted by Gasteiger charge is -2.29. The second kappa shape index (κ2) is 8.04. The van der Waals surface area contributed by atoms with Crippen LogP contribution in [-0.4, -0.2) is 51.3 Å². The smallest absolute Gasteiger partial charge is 0.312 e. The van der Waals surface area contributed by atoms with Crippen LogP contribution in [0.2, 0.25) is 0 Å². The zero-order valence-corrected chi connectivity index (χ0v) is 11.2. The molecule has 0 aromatic carbocycles. The van der Waals surface area contributed by atoms with Gasteiger partial charge in [0.25, 0.3) is 0 Å². The molecule has 0 aliphatic heterocycles. The Morgan fingerprint density at radius 3 is 2.47 bits per heavy atom. The van der Waals surface area contributed by atoms with E-state index in [0.717, 1.165) is 0 Å². The number of hydrogen-bond donors (Lipinski definition) is 0. The van der Waals surface area contributed by atoms with Gasteiger partial charge in [0, 0.05) is 33.2 Å². The van der Waals surface area contributed by atoms with Crippen molar-refractivity contribution in [3.63, 3.8) is 0 Å². The third kappa shape index (κ3) is 6.25. The van der Waals surface area contributed by atoms with Crippen molar-refractivity contribution in [2.45, 2.75) is 20.3 Å². The minimum atomic E-state index is -0.571. The summed E-state index contributed by atoms with van der Waals surface area (Å²) >= 11 is 0. The first-order valence-electron chi connectivity index (χ1n) is 5.64. The van der Waals surface area contributed by atoms with Gasteiger partial charge < -0.3 is 9.47 Å². The van der Waals surface area contributed by atoms with Gasteiger partial charge >= 0.3 is 5.97 Å². The van der Waals surface area contributed by atoms with Crippen LogP contribution in [0.5, 0.6) is 0 Å². The highest BCUT2D eigenvalue weighted by atomic mass is 16.5. The highest BCUT2D eigenvalue weighted by molar-refractivity contribution is 5.76. The van der Waals surface area contributed by atoms with E-state index in [0.29, 0.717) is 32.7 Å². The maximum atomic E-state index is 11.6. The van der Waals surface area contributed by atoms with Crippen molar-refractivity contribution in [1.29, 1.82) is 5.26 Å². The summed E-state index contributed by atoms with van der Waals surface area (Å²) in [5.74, 6) is -0.239. The van der Waals surface area contributed by atoms with E-state index in [1.54, 1.807) is 7.11 Å². The Bertz CT molecular complexity index is 271. The molecule has 0 aliphatic carbocycles. The predicted octanol–water partition coefficient (Wildman–Crippen LogP) is 1.05. The molecule has 0 aromatic rings. The first kappa shape index (κ1) is 15.9. The molecule has 5 nitrogen and oxygen atoms in total. The van der Waals surface area contributed by atoms with Crippen LogP contribution in [0.1, 0.15) is 20.3 Å². The number of rotatable bonds is 8. The van der Waals surface area contributed by atoms with Crippen LogP contribution < -0.4 is 0 Å². The molecule has 0 amide bonds. The number of carbonyl (C=O) groups is 1. The van der Waals surface area contributed by atoms with Crippen molar-refractivity contribution in [3.8, 4) is 6.07 Å². The molecule has 17 heavy (non-hydrogen) atoms. The SMILES string of the molecule is COCCN(CCC#N)CC(C)(C)C(=O)OC. The third-order valence-corrected chi connectivity index (χ3v) is 2.51. The van der Waals surface area contributed by atoms with Gasteiger partial charge in [-0.15, -0.1) is 0 Å². The van der Waals surface area contributed by atoms with E-state index in [-0.39, 0.29) is 5.97 Å². The van der Waals surface area contributed by atoms with Gasteiger partial charge in [0.15, 0.2) is 0 Å². The summed E-state index contributed by atoms with van der Waals surface area (Å²) in [5, 5.41) is 8.59. The minimum absolute atomic E-state index is 0.239. The van der Waals surface area contributed by atoms with Crippen LogP contribution >= 0.6 is 0 Å². The second-order valence-electron chi connectivity index (χ2n) is 4.55. The maximum absolute atomic E-state index is 11.6. The van der Waals surface area contributed by atoms with E-state index in [1.165, 1.54) is 7.11 Å². The highest BCUT2D eigenvalue weighted by Gasteiger charge is 2.30. The summed E-state index contributed by atoms with van der Waals surface area (Å²) in [6.45, 7) is 6.17. The lowest BCUT2D eigenvalue weighted by atomic mass is 9.93. The molecule has 5 heteroatoms. The zero-order valence-electron chi connectivity index (χ0n) is 11.2. The predicted molar refractivity (Wildman–Crippen MR) is 64.3 cm³/mol. The molecule has 0 fully saturated rings. The van der Waals surface area contributed by atoms with Gasteiger partial charge in [0.2, 0.25) is 0 Å². The number of esters is 1. The molecule has 0 saturated carbocycles. The third-order valence-electron chi connectivity index (χ3n) is 2.51. The summed E-state index contributed by atoms with van der Waals surface area (Å²) in [6, 6.07) is 2.10. The van der Waals surface area contributed by atoms with Crippen LogP contribution in [0, 0.1) is 16.7 Å². The number of methoxy groups -OCH3 is 2. The summed E-state index contributed by atoms with van der Waals surface area (Å²) < 4.78 is 9.78. The van der Waals surface area contributed by atoms with Crippen molar-refractivity contribution < 1.29 is 14.3 Å². The van der Waals surface area contributed by atoms with Gasteiger partial charge in [0.1, 0.15) is 0 Å². The largest absolute Gasteiger partial charge is 0.469 e. The van der Waals surface area contributed by atoms with E-state index < -0.39 is 5.41 Å². The Balaban J connectivity index is 4.39. The van der Waals surface area contributed by atoms with Crippen molar-refractivity contribution in [2.75, 3.05) is 40.5 Å². The first-order chi connectivity index (χ1) is 7.97. The Hall–Kier alpha value is -1.12. The van der Waals surface area contributed by atoms with Gasteiger partial charge in [-0.3, -0.25) is 9.69 Å². The van der Waals surface area contributed by atoms with E-state index >= 15 is 0 Å². The molecule has 0 unspecified atom stereocenters. The summed E-state index contributed by atoms with van der Waals surface area (Å²) in [5.41, 5.74) is -0.571. The second-order valence-corrected chi connectivity index (χ2v) is 4.55. The molecule has 0 saturated heterocycles. The fraction of sp³-hybridized carbons (Fsp3) is 0.833. The molecule has 0 atom stereocenters. The minimum Gasteiger partial charge on any atom is -0.469 e. The molecule has 0 radical (unpaired) electrons. The number of nitrogens with zero attached hydrogens (tertiary/aromatic N) is 2. The van der Waals surface area contributed by atoms with Crippen LogP contribution in [0.25, 0.3) is 0 Å². The Morgan fingerprint density at radius 2 is 2.00 bits per heavy atom. The van der Waals surface area contributed by atoms with E-state index in [9.17, 15) is 4.79 Å². The maximum Gasteiger partial charge on any atom is 0.312 e. The van der Waals surface area contributed by atoms with Crippen LogP contribution in [-0.2, 0) is 14.3 Å².